The van der Waals surface area contributed by atoms with Gasteiger partial charge in [-0.2, -0.15) is 0 Å². The van der Waals surface area contributed by atoms with Gasteiger partial charge >= 0.3 is 5.97 Å². The summed E-state index contributed by atoms with van der Waals surface area (Å²) < 4.78 is 0. The summed E-state index contributed by atoms with van der Waals surface area (Å²) in [5, 5.41) is 11.5. The Morgan fingerprint density at radius 1 is 1.15 bits per heavy atom. The first-order valence-corrected chi connectivity index (χ1v) is 7.11. The lowest BCUT2D eigenvalue weighted by Gasteiger charge is -2.21. The summed E-state index contributed by atoms with van der Waals surface area (Å²) in [7, 11) is 0. The topological polar surface area (TPSA) is 37.3 Å². The van der Waals surface area contributed by atoms with Crippen LogP contribution < -0.4 is 0 Å². The molecule has 0 amide bonds. The summed E-state index contributed by atoms with van der Waals surface area (Å²) in [5.41, 5.74) is 3.79. The van der Waals surface area contributed by atoms with E-state index in [1.165, 1.54) is 27.5 Å². The lowest BCUT2D eigenvalue weighted by atomic mass is 9.83. The van der Waals surface area contributed by atoms with Gasteiger partial charge < -0.3 is 5.11 Å². The zero-order chi connectivity index (χ0) is 14.9. The molecule has 2 atom stereocenters. The number of rotatable bonds is 4. The van der Waals surface area contributed by atoms with Gasteiger partial charge in [0, 0.05) is 6.42 Å². The van der Waals surface area contributed by atoms with Crippen molar-refractivity contribution in [1.82, 2.24) is 0 Å². The predicted molar refractivity (Wildman–Crippen MR) is 83.3 cm³/mol. The van der Waals surface area contributed by atoms with Crippen LogP contribution in [0.2, 0.25) is 0 Å². The van der Waals surface area contributed by atoms with E-state index in [2.05, 4.69) is 51.1 Å². The Morgan fingerprint density at radius 2 is 1.85 bits per heavy atom. The Bertz CT molecular complexity index is 643. The average Bonchev–Trinajstić information content (AvgIpc) is 2.37. The van der Waals surface area contributed by atoms with Gasteiger partial charge in [-0.3, -0.25) is 4.79 Å². The summed E-state index contributed by atoms with van der Waals surface area (Å²) in [6.07, 6.45) is 0.215. The van der Waals surface area contributed by atoms with Gasteiger partial charge in [0.2, 0.25) is 0 Å². The molecule has 0 aliphatic carbocycles. The minimum Gasteiger partial charge on any atom is -0.481 e. The molecular weight excluding hydrogens is 248 g/mol. The molecule has 0 spiro atoms. The smallest absolute Gasteiger partial charge is 0.303 e. The lowest BCUT2D eigenvalue weighted by molar-refractivity contribution is -0.138. The normalized spacial score (nSPS) is 14.2. The van der Waals surface area contributed by atoms with Crippen LogP contribution in [0, 0.1) is 19.8 Å². The molecule has 0 bridgehead atoms. The quantitative estimate of drug-likeness (QED) is 0.876. The molecule has 0 saturated heterocycles. The van der Waals surface area contributed by atoms with Crippen molar-refractivity contribution in [3.8, 4) is 0 Å². The van der Waals surface area contributed by atoms with Gasteiger partial charge in [-0.15, -0.1) is 0 Å². The lowest BCUT2D eigenvalue weighted by Crippen LogP contribution is -2.12. The zero-order valence-electron chi connectivity index (χ0n) is 12.6. The maximum absolute atomic E-state index is 10.9. The van der Waals surface area contributed by atoms with Gasteiger partial charge in [0.25, 0.3) is 0 Å². The number of aliphatic carboxylic acids is 1. The van der Waals surface area contributed by atoms with Crippen molar-refractivity contribution in [3.05, 3.63) is 47.0 Å². The maximum atomic E-state index is 10.9. The monoisotopic (exact) mass is 270 g/mol. The molecule has 2 aromatic rings. The largest absolute Gasteiger partial charge is 0.481 e. The summed E-state index contributed by atoms with van der Waals surface area (Å²) in [5.74, 6) is -0.344. The second kappa shape index (κ2) is 5.66. The van der Waals surface area contributed by atoms with Gasteiger partial charge in [-0.1, -0.05) is 44.2 Å². The number of carbonyl (C=O) groups is 1. The summed E-state index contributed by atoms with van der Waals surface area (Å²) in [4.78, 5) is 10.9. The van der Waals surface area contributed by atoms with Crippen molar-refractivity contribution < 1.29 is 9.90 Å². The van der Waals surface area contributed by atoms with Crippen molar-refractivity contribution in [2.45, 2.75) is 40.0 Å². The van der Waals surface area contributed by atoms with E-state index in [0.29, 0.717) is 0 Å². The molecule has 1 N–H and O–H groups in total. The molecule has 20 heavy (non-hydrogen) atoms. The summed E-state index contributed by atoms with van der Waals surface area (Å²) >= 11 is 0. The Hall–Kier alpha value is -1.83. The molecule has 0 fully saturated rings. The highest BCUT2D eigenvalue weighted by Crippen LogP contribution is 2.32. The minimum atomic E-state index is -0.723. The van der Waals surface area contributed by atoms with Crippen molar-refractivity contribution in [1.29, 1.82) is 0 Å². The molecule has 0 aliphatic heterocycles. The fourth-order valence-corrected chi connectivity index (χ4v) is 2.86. The van der Waals surface area contributed by atoms with Crippen LogP contribution in [0.3, 0.4) is 0 Å². The van der Waals surface area contributed by atoms with Crippen LogP contribution in [0.5, 0.6) is 0 Å². The SMILES string of the molecule is Cc1cc2c(C)cccc2cc1C(C)C(C)CC(=O)O. The van der Waals surface area contributed by atoms with E-state index < -0.39 is 5.97 Å². The highest BCUT2D eigenvalue weighted by Gasteiger charge is 2.19. The Balaban J connectivity index is 2.44. The van der Waals surface area contributed by atoms with Crippen molar-refractivity contribution in [2.24, 2.45) is 5.92 Å². The van der Waals surface area contributed by atoms with Crippen LogP contribution in [-0.2, 0) is 4.79 Å². The first-order chi connectivity index (χ1) is 9.40. The number of carboxylic acid groups (broad SMARTS) is 1. The molecule has 0 aromatic heterocycles. The molecule has 0 radical (unpaired) electrons. The van der Waals surface area contributed by atoms with Crippen LogP contribution in [0.4, 0.5) is 0 Å². The fraction of sp³-hybridized carbons (Fsp3) is 0.389. The molecule has 2 unspecified atom stereocenters. The van der Waals surface area contributed by atoms with Gasteiger partial charge in [0.15, 0.2) is 0 Å². The summed E-state index contributed by atoms with van der Waals surface area (Å²) in [6.45, 7) is 8.37. The number of hydrogen-bond donors (Lipinski definition) is 1. The van der Waals surface area contributed by atoms with Crippen molar-refractivity contribution in [2.75, 3.05) is 0 Å². The third-order valence-electron chi connectivity index (χ3n) is 4.33. The Morgan fingerprint density at radius 3 is 2.50 bits per heavy atom. The van der Waals surface area contributed by atoms with Gasteiger partial charge in [-0.05, 0) is 53.1 Å². The van der Waals surface area contributed by atoms with Crippen LogP contribution >= 0.6 is 0 Å². The van der Waals surface area contributed by atoms with Gasteiger partial charge in [0.05, 0.1) is 0 Å². The van der Waals surface area contributed by atoms with Crippen LogP contribution in [-0.4, -0.2) is 11.1 Å². The van der Waals surface area contributed by atoms with Gasteiger partial charge in [0.1, 0.15) is 0 Å². The van der Waals surface area contributed by atoms with Gasteiger partial charge in [-0.25, -0.2) is 0 Å². The van der Waals surface area contributed by atoms with E-state index in [0.717, 1.165) is 0 Å². The number of aryl methyl sites for hydroxylation is 2. The number of carboxylic acids is 1. The van der Waals surface area contributed by atoms with Crippen molar-refractivity contribution >= 4 is 16.7 Å². The predicted octanol–water partition coefficient (Wildman–Crippen LogP) is 4.67. The van der Waals surface area contributed by atoms with Crippen LogP contribution in [0.15, 0.2) is 30.3 Å². The first kappa shape index (κ1) is 14.6. The fourth-order valence-electron chi connectivity index (χ4n) is 2.86. The number of hydrogen-bond acceptors (Lipinski definition) is 1. The molecule has 2 nitrogen and oxygen atoms in total. The second-order valence-electron chi connectivity index (χ2n) is 5.87. The molecule has 0 aliphatic rings. The second-order valence-corrected chi connectivity index (χ2v) is 5.87. The molecular formula is C18H22O2. The molecule has 2 heteroatoms. The van der Waals surface area contributed by atoms with E-state index in [9.17, 15) is 4.79 Å². The standard InChI is InChI=1S/C18H22O2/c1-11-6-5-7-15-10-16(13(3)8-17(11)15)14(4)12(2)9-18(19)20/h5-8,10,12,14H,9H2,1-4H3,(H,19,20). The Kier molecular flexibility index (Phi) is 4.12. The third-order valence-corrected chi connectivity index (χ3v) is 4.33. The highest BCUT2D eigenvalue weighted by atomic mass is 16.4. The molecule has 0 heterocycles. The minimum absolute atomic E-state index is 0.133. The highest BCUT2D eigenvalue weighted by molar-refractivity contribution is 5.87. The van der Waals surface area contributed by atoms with E-state index >= 15 is 0 Å². The number of benzene rings is 2. The van der Waals surface area contributed by atoms with E-state index in [-0.39, 0.29) is 18.3 Å². The van der Waals surface area contributed by atoms with Crippen LogP contribution in [0.25, 0.3) is 10.8 Å². The molecule has 0 saturated carbocycles. The third kappa shape index (κ3) is 2.84. The van der Waals surface area contributed by atoms with E-state index in [1.54, 1.807) is 0 Å². The summed E-state index contributed by atoms with van der Waals surface area (Å²) in [6, 6.07) is 10.8. The Labute approximate surface area is 120 Å². The first-order valence-electron chi connectivity index (χ1n) is 7.11. The molecule has 106 valence electrons. The van der Waals surface area contributed by atoms with E-state index in [4.69, 9.17) is 5.11 Å². The number of fused-ring (bicyclic) bond motifs is 1. The molecule has 2 aromatic carbocycles. The van der Waals surface area contributed by atoms with E-state index in [1.807, 2.05) is 6.92 Å². The average molecular weight is 270 g/mol. The van der Waals surface area contributed by atoms with Crippen LogP contribution in [0.1, 0.15) is 42.9 Å². The zero-order valence-corrected chi connectivity index (χ0v) is 12.6. The van der Waals surface area contributed by atoms with Crippen molar-refractivity contribution in [3.63, 3.8) is 0 Å². The maximum Gasteiger partial charge on any atom is 0.303 e. The molecule has 2 rings (SSSR count).